The third kappa shape index (κ3) is 3.48. The van der Waals surface area contributed by atoms with Gasteiger partial charge in [0.15, 0.2) is 0 Å². The molecule has 3 heteroatoms. The maximum absolute atomic E-state index is 6.14. The highest BCUT2D eigenvalue weighted by molar-refractivity contribution is 5.36. The van der Waals surface area contributed by atoms with E-state index in [4.69, 9.17) is 10.5 Å². The van der Waals surface area contributed by atoms with Gasteiger partial charge in [-0.25, -0.2) is 0 Å². The molecule has 106 valence electrons. The van der Waals surface area contributed by atoms with Gasteiger partial charge in [0.2, 0.25) is 0 Å². The van der Waals surface area contributed by atoms with Gasteiger partial charge in [0.05, 0.1) is 7.11 Å². The van der Waals surface area contributed by atoms with Crippen molar-refractivity contribution in [2.45, 2.75) is 51.7 Å². The quantitative estimate of drug-likeness (QED) is 0.906. The van der Waals surface area contributed by atoms with Crippen molar-refractivity contribution < 1.29 is 4.74 Å². The fourth-order valence-corrected chi connectivity index (χ4v) is 3.06. The van der Waals surface area contributed by atoms with Crippen LogP contribution in [0.1, 0.15) is 37.3 Å². The molecule has 0 aliphatic carbocycles. The van der Waals surface area contributed by atoms with Gasteiger partial charge >= 0.3 is 0 Å². The van der Waals surface area contributed by atoms with E-state index in [1.165, 1.54) is 30.4 Å². The summed E-state index contributed by atoms with van der Waals surface area (Å²) in [6, 6.07) is 7.12. The highest BCUT2D eigenvalue weighted by Crippen LogP contribution is 2.26. The number of likely N-dealkylation sites (tertiary alicyclic amines) is 1. The van der Waals surface area contributed by atoms with E-state index < -0.39 is 0 Å². The predicted octanol–water partition coefficient (Wildman–Crippen LogP) is 2.71. The van der Waals surface area contributed by atoms with Gasteiger partial charge in [-0.05, 0) is 39.3 Å². The summed E-state index contributed by atoms with van der Waals surface area (Å²) in [5, 5.41) is 0. The molecule has 2 unspecified atom stereocenters. The van der Waals surface area contributed by atoms with E-state index >= 15 is 0 Å². The molecule has 0 amide bonds. The number of nitrogens with zero attached hydrogens (tertiary/aromatic N) is 1. The lowest BCUT2D eigenvalue weighted by Gasteiger charge is -2.38. The topological polar surface area (TPSA) is 38.5 Å². The first kappa shape index (κ1) is 14.4. The second-order valence-electron chi connectivity index (χ2n) is 5.71. The fraction of sp³-hybridized carbons (Fsp3) is 0.625. The van der Waals surface area contributed by atoms with Gasteiger partial charge in [-0.1, -0.05) is 24.1 Å². The summed E-state index contributed by atoms with van der Waals surface area (Å²) in [6.07, 6.45) is 3.79. The number of rotatable bonds is 4. The Balaban J connectivity index is 2.16. The number of piperidine rings is 1. The van der Waals surface area contributed by atoms with Gasteiger partial charge in [0.1, 0.15) is 5.75 Å². The molecule has 1 heterocycles. The van der Waals surface area contributed by atoms with Crippen LogP contribution in [0.5, 0.6) is 5.75 Å². The molecule has 2 rings (SSSR count). The largest absolute Gasteiger partial charge is 0.496 e. The molecule has 1 aliphatic heterocycles. The Labute approximate surface area is 116 Å². The van der Waals surface area contributed by atoms with Crippen LogP contribution < -0.4 is 10.5 Å². The number of methoxy groups -OCH3 is 1. The molecule has 1 fully saturated rings. The minimum absolute atomic E-state index is 0.233. The zero-order valence-corrected chi connectivity index (χ0v) is 12.4. The zero-order chi connectivity index (χ0) is 13.8. The van der Waals surface area contributed by atoms with Crippen molar-refractivity contribution >= 4 is 0 Å². The second kappa shape index (κ2) is 6.40. The monoisotopic (exact) mass is 262 g/mol. The van der Waals surface area contributed by atoms with Crippen molar-refractivity contribution in [3.05, 3.63) is 29.3 Å². The first-order valence-electron chi connectivity index (χ1n) is 7.25. The maximum atomic E-state index is 6.14. The number of benzene rings is 1. The average molecular weight is 262 g/mol. The van der Waals surface area contributed by atoms with Gasteiger partial charge < -0.3 is 10.5 Å². The molecule has 0 bridgehead atoms. The van der Waals surface area contributed by atoms with Crippen molar-refractivity contribution in [1.82, 2.24) is 4.90 Å². The van der Waals surface area contributed by atoms with Crippen molar-refractivity contribution in [2.24, 2.45) is 5.73 Å². The normalized spacial score (nSPS) is 22.2. The molecule has 19 heavy (non-hydrogen) atoms. The van der Waals surface area contributed by atoms with E-state index in [0.717, 1.165) is 18.8 Å². The SMILES string of the molecule is COc1ccc(C)cc1CN1CCCCC1C(C)N. The molecule has 1 saturated heterocycles. The van der Waals surface area contributed by atoms with Crippen LogP contribution in [0.2, 0.25) is 0 Å². The van der Waals surface area contributed by atoms with Crippen LogP contribution in [0.3, 0.4) is 0 Å². The minimum atomic E-state index is 0.233. The number of hydrogen-bond donors (Lipinski definition) is 1. The van der Waals surface area contributed by atoms with Crippen molar-refractivity contribution in [2.75, 3.05) is 13.7 Å². The van der Waals surface area contributed by atoms with E-state index in [-0.39, 0.29) is 6.04 Å². The Hall–Kier alpha value is -1.06. The van der Waals surface area contributed by atoms with Gasteiger partial charge in [0.25, 0.3) is 0 Å². The molecule has 2 atom stereocenters. The van der Waals surface area contributed by atoms with Crippen LogP contribution >= 0.6 is 0 Å². The maximum Gasteiger partial charge on any atom is 0.123 e. The Kier molecular flexibility index (Phi) is 4.83. The molecule has 0 saturated carbocycles. The second-order valence-corrected chi connectivity index (χ2v) is 5.71. The van der Waals surface area contributed by atoms with Gasteiger partial charge in [-0.2, -0.15) is 0 Å². The Bertz CT molecular complexity index is 417. The van der Waals surface area contributed by atoms with E-state index in [0.29, 0.717) is 6.04 Å². The number of ether oxygens (including phenoxy) is 1. The van der Waals surface area contributed by atoms with Gasteiger partial charge in [-0.3, -0.25) is 4.90 Å². The molecular weight excluding hydrogens is 236 g/mol. The standard InChI is InChI=1S/C16H26N2O/c1-12-7-8-16(19-3)14(10-12)11-18-9-5-4-6-15(18)13(2)17/h7-8,10,13,15H,4-6,9,11,17H2,1-3H3. The van der Waals surface area contributed by atoms with E-state index in [9.17, 15) is 0 Å². The summed E-state index contributed by atoms with van der Waals surface area (Å²) in [4.78, 5) is 2.52. The third-order valence-electron chi connectivity index (χ3n) is 4.08. The van der Waals surface area contributed by atoms with E-state index in [1.54, 1.807) is 7.11 Å². The van der Waals surface area contributed by atoms with Crippen LogP contribution in [0, 0.1) is 6.92 Å². The Morgan fingerprint density at radius 2 is 2.21 bits per heavy atom. The minimum Gasteiger partial charge on any atom is -0.496 e. The lowest BCUT2D eigenvalue weighted by atomic mass is 9.96. The summed E-state index contributed by atoms with van der Waals surface area (Å²) in [5.74, 6) is 0.986. The number of hydrogen-bond acceptors (Lipinski definition) is 3. The molecule has 2 N–H and O–H groups in total. The summed E-state index contributed by atoms with van der Waals surface area (Å²) < 4.78 is 5.48. The van der Waals surface area contributed by atoms with Crippen molar-refractivity contribution in [3.8, 4) is 5.75 Å². The van der Waals surface area contributed by atoms with Crippen LogP contribution in [0.15, 0.2) is 18.2 Å². The third-order valence-corrected chi connectivity index (χ3v) is 4.08. The van der Waals surface area contributed by atoms with E-state index in [2.05, 4.69) is 36.9 Å². The fourth-order valence-electron chi connectivity index (χ4n) is 3.06. The first-order chi connectivity index (χ1) is 9.11. The number of nitrogens with two attached hydrogens (primary N) is 1. The summed E-state index contributed by atoms with van der Waals surface area (Å²) in [5.41, 5.74) is 8.69. The van der Waals surface area contributed by atoms with Crippen LogP contribution in [-0.4, -0.2) is 30.6 Å². The predicted molar refractivity (Wildman–Crippen MR) is 79.4 cm³/mol. The van der Waals surface area contributed by atoms with E-state index in [1.807, 2.05) is 0 Å². The highest BCUT2D eigenvalue weighted by atomic mass is 16.5. The molecule has 1 aliphatic rings. The highest BCUT2D eigenvalue weighted by Gasteiger charge is 2.25. The molecule has 0 spiro atoms. The van der Waals surface area contributed by atoms with Crippen LogP contribution in [-0.2, 0) is 6.54 Å². The number of aryl methyl sites for hydroxylation is 1. The smallest absolute Gasteiger partial charge is 0.123 e. The molecular formula is C16H26N2O. The lowest BCUT2D eigenvalue weighted by Crippen LogP contribution is -2.48. The average Bonchev–Trinajstić information content (AvgIpc) is 2.39. The Morgan fingerprint density at radius 1 is 1.42 bits per heavy atom. The van der Waals surface area contributed by atoms with Crippen molar-refractivity contribution in [1.29, 1.82) is 0 Å². The molecule has 1 aromatic rings. The molecule has 0 radical (unpaired) electrons. The molecule has 1 aromatic carbocycles. The van der Waals surface area contributed by atoms with Gasteiger partial charge in [0, 0.05) is 24.2 Å². The van der Waals surface area contributed by atoms with Gasteiger partial charge in [-0.15, -0.1) is 0 Å². The summed E-state index contributed by atoms with van der Waals surface area (Å²) in [6.45, 7) is 6.33. The first-order valence-corrected chi connectivity index (χ1v) is 7.25. The Morgan fingerprint density at radius 3 is 2.89 bits per heavy atom. The summed E-state index contributed by atoms with van der Waals surface area (Å²) in [7, 11) is 1.74. The molecule has 0 aromatic heterocycles. The molecule has 3 nitrogen and oxygen atoms in total. The van der Waals surface area contributed by atoms with Crippen LogP contribution in [0.4, 0.5) is 0 Å². The van der Waals surface area contributed by atoms with Crippen molar-refractivity contribution in [3.63, 3.8) is 0 Å². The van der Waals surface area contributed by atoms with Crippen LogP contribution in [0.25, 0.3) is 0 Å². The summed E-state index contributed by atoms with van der Waals surface area (Å²) >= 11 is 0. The zero-order valence-electron chi connectivity index (χ0n) is 12.4. The lowest BCUT2D eigenvalue weighted by molar-refractivity contribution is 0.122.